The van der Waals surface area contributed by atoms with Gasteiger partial charge in [-0.1, -0.05) is 66.7 Å². The molecule has 35 heavy (non-hydrogen) atoms. The maximum atomic E-state index is 6.46. The molecule has 0 amide bonds. The molecule has 0 saturated carbocycles. The molecule has 7 rings (SSSR count). The molecule has 0 radical (unpaired) electrons. The molecule has 4 aromatic carbocycles. The van der Waals surface area contributed by atoms with Crippen LogP contribution in [-0.2, 0) is 0 Å². The van der Waals surface area contributed by atoms with Crippen LogP contribution in [0.1, 0.15) is 22.8 Å². The van der Waals surface area contributed by atoms with E-state index in [1.165, 1.54) is 16.2 Å². The molecule has 0 aliphatic rings. The third-order valence-electron chi connectivity index (χ3n) is 6.70. The molecule has 0 aliphatic heterocycles. The van der Waals surface area contributed by atoms with Gasteiger partial charge in [0.1, 0.15) is 11.3 Å². The summed E-state index contributed by atoms with van der Waals surface area (Å²) < 4.78 is 6.46. The maximum absolute atomic E-state index is 6.46. The zero-order valence-corrected chi connectivity index (χ0v) is 19.1. The molecule has 7 aromatic rings. The predicted molar refractivity (Wildman–Crippen MR) is 143 cm³/mol. The Morgan fingerprint density at radius 2 is 1.43 bits per heavy atom. The van der Waals surface area contributed by atoms with E-state index in [1.807, 2.05) is 25.1 Å². The van der Waals surface area contributed by atoms with Gasteiger partial charge >= 0.3 is 0 Å². The number of fused-ring (bicyclic) bond motifs is 7. The molecule has 0 saturated heterocycles. The van der Waals surface area contributed by atoms with Crippen molar-refractivity contribution >= 4 is 55.1 Å². The zero-order chi connectivity index (χ0) is 23.4. The van der Waals surface area contributed by atoms with Gasteiger partial charge in [-0.25, -0.2) is 9.97 Å². The normalized spacial score (nSPS) is 12.3. The average molecular weight is 452 g/mol. The Bertz CT molecular complexity index is 1880. The standard InChI is InChI=1S/C31H21N3O/c1-19-25(29-23-12-5-3-10-21(23)22-11-4-6-13-24(22)30(29)35-19)18-26(31-32-15-8-16-33-31)28-17-20-9-2-7-14-27(20)34-28/h2-18,34H,1H3/b26-18+. The molecule has 4 nitrogen and oxygen atoms in total. The second-order valence-electron chi connectivity index (χ2n) is 8.77. The first-order chi connectivity index (χ1) is 17.3. The first-order valence-corrected chi connectivity index (χ1v) is 11.7. The summed E-state index contributed by atoms with van der Waals surface area (Å²) in [6.45, 7) is 2.03. The fraction of sp³-hybridized carbons (Fsp3) is 0.0323. The van der Waals surface area contributed by atoms with Gasteiger partial charge in [-0.05, 0) is 47.4 Å². The van der Waals surface area contributed by atoms with E-state index >= 15 is 0 Å². The number of aryl methyl sites for hydroxylation is 1. The van der Waals surface area contributed by atoms with Crippen LogP contribution < -0.4 is 0 Å². The lowest BCUT2D eigenvalue weighted by atomic mass is 9.95. The van der Waals surface area contributed by atoms with Crippen LogP contribution in [0, 0.1) is 6.92 Å². The van der Waals surface area contributed by atoms with Crippen molar-refractivity contribution < 1.29 is 4.42 Å². The van der Waals surface area contributed by atoms with E-state index in [0.29, 0.717) is 5.82 Å². The molecule has 0 atom stereocenters. The number of aromatic nitrogens is 3. The summed E-state index contributed by atoms with van der Waals surface area (Å²) in [5.74, 6) is 1.53. The number of aromatic amines is 1. The van der Waals surface area contributed by atoms with Crippen LogP contribution in [0.4, 0.5) is 0 Å². The fourth-order valence-electron chi connectivity index (χ4n) is 5.10. The fourth-order valence-corrected chi connectivity index (χ4v) is 5.10. The predicted octanol–water partition coefficient (Wildman–Crippen LogP) is 7.91. The third kappa shape index (κ3) is 3.07. The number of H-pyrrole nitrogens is 1. The second kappa shape index (κ2) is 7.67. The number of nitrogens with zero attached hydrogens (tertiary/aromatic N) is 2. The van der Waals surface area contributed by atoms with Crippen LogP contribution in [0.2, 0.25) is 0 Å². The van der Waals surface area contributed by atoms with Crippen molar-refractivity contribution in [2.24, 2.45) is 0 Å². The molecule has 1 N–H and O–H groups in total. The van der Waals surface area contributed by atoms with Crippen LogP contribution in [0.5, 0.6) is 0 Å². The quantitative estimate of drug-likeness (QED) is 0.278. The van der Waals surface area contributed by atoms with Crippen molar-refractivity contribution in [1.29, 1.82) is 0 Å². The average Bonchev–Trinajstić information content (AvgIpc) is 3.49. The number of furan rings is 1. The molecular weight excluding hydrogens is 430 g/mol. The molecule has 166 valence electrons. The Morgan fingerprint density at radius 3 is 2.20 bits per heavy atom. The summed E-state index contributed by atoms with van der Waals surface area (Å²) in [5, 5.41) is 6.97. The van der Waals surface area contributed by atoms with E-state index in [4.69, 9.17) is 4.42 Å². The molecule has 0 spiro atoms. The second-order valence-corrected chi connectivity index (χ2v) is 8.77. The van der Waals surface area contributed by atoms with Gasteiger partial charge in [0.15, 0.2) is 5.82 Å². The Hall–Kier alpha value is -4.70. The van der Waals surface area contributed by atoms with E-state index in [-0.39, 0.29) is 0 Å². The van der Waals surface area contributed by atoms with E-state index in [0.717, 1.165) is 49.8 Å². The number of hydrogen-bond acceptors (Lipinski definition) is 3. The molecule has 0 unspecified atom stereocenters. The van der Waals surface area contributed by atoms with Gasteiger partial charge in [0.25, 0.3) is 0 Å². The van der Waals surface area contributed by atoms with E-state index < -0.39 is 0 Å². The van der Waals surface area contributed by atoms with Crippen molar-refractivity contribution in [3.05, 3.63) is 120 Å². The first-order valence-electron chi connectivity index (χ1n) is 11.7. The lowest BCUT2D eigenvalue weighted by Crippen LogP contribution is -1.95. The minimum absolute atomic E-state index is 0.665. The van der Waals surface area contributed by atoms with Gasteiger partial charge < -0.3 is 9.40 Å². The van der Waals surface area contributed by atoms with Crippen molar-refractivity contribution in [1.82, 2.24) is 15.0 Å². The lowest BCUT2D eigenvalue weighted by Gasteiger charge is -2.08. The van der Waals surface area contributed by atoms with Gasteiger partial charge in [0.05, 0.1) is 5.69 Å². The molecule has 4 heteroatoms. The molecule has 0 fully saturated rings. The Balaban J connectivity index is 1.59. The summed E-state index contributed by atoms with van der Waals surface area (Å²) >= 11 is 0. The number of hydrogen-bond donors (Lipinski definition) is 1. The molecular formula is C31H21N3O. The minimum atomic E-state index is 0.665. The smallest absolute Gasteiger partial charge is 0.161 e. The largest absolute Gasteiger partial charge is 0.460 e. The number of benzene rings is 4. The van der Waals surface area contributed by atoms with Crippen LogP contribution in [-0.4, -0.2) is 15.0 Å². The first kappa shape index (κ1) is 19.7. The highest BCUT2D eigenvalue weighted by Crippen LogP contribution is 2.41. The SMILES string of the molecule is Cc1oc2c3ccccc3c3ccccc3c2c1/C=C(/c1ncccn1)c1cc2ccccc2[nH]1. The Kier molecular flexibility index (Phi) is 4.33. The van der Waals surface area contributed by atoms with Gasteiger partial charge in [-0.3, -0.25) is 0 Å². The monoisotopic (exact) mass is 451 g/mol. The summed E-state index contributed by atoms with van der Waals surface area (Å²) in [5.41, 5.74) is 4.92. The number of para-hydroxylation sites is 1. The molecule has 3 aromatic heterocycles. The highest BCUT2D eigenvalue weighted by atomic mass is 16.3. The van der Waals surface area contributed by atoms with Crippen LogP contribution in [0.25, 0.3) is 55.1 Å². The summed E-state index contributed by atoms with van der Waals surface area (Å²) in [6, 6.07) is 29.3. The van der Waals surface area contributed by atoms with Crippen molar-refractivity contribution in [3.63, 3.8) is 0 Å². The van der Waals surface area contributed by atoms with Gasteiger partial charge in [-0.2, -0.15) is 0 Å². The lowest BCUT2D eigenvalue weighted by molar-refractivity contribution is 0.580. The highest BCUT2D eigenvalue weighted by molar-refractivity contribution is 6.26. The van der Waals surface area contributed by atoms with Gasteiger partial charge in [0, 0.05) is 45.2 Å². The summed E-state index contributed by atoms with van der Waals surface area (Å²) in [4.78, 5) is 12.8. The molecule has 3 heterocycles. The van der Waals surface area contributed by atoms with E-state index in [1.54, 1.807) is 12.4 Å². The number of nitrogens with one attached hydrogen (secondary N) is 1. The Morgan fingerprint density at radius 1 is 0.771 bits per heavy atom. The minimum Gasteiger partial charge on any atom is -0.460 e. The van der Waals surface area contributed by atoms with Gasteiger partial charge in [-0.15, -0.1) is 0 Å². The molecule has 0 aliphatic carbocycles. The topological polar surface area (TPSA) is 54.7 Å². The third-order valence-corrected chi connectivity index (χ3v) is 6.70. The Labute approximate surface area is 201 Å². The van der Waals surface area contributed by atoms with E-state index in [9.17, 15) is 0 Å². The summed E-state index contributed by atoms with van der Waals surface area (Å²) in [7, 11) is 0. The maximum Gasteiger partial charge on any atom is 0.161 e. The van der Waals surface area contributed by atoms with Crippen molar-refractivity contribution in [3.8, 4) is 0 Å². The van der Waals surface area contributed by atoms with Gasteiger partial charge in [0.2, 0.25) is 0 Å². The number of rotatable bonds is 3. The summed E-state index contributed by atoms with van der Waals surface area (Å²) in [6.07, 6.45) is 5.73. The van der Waals surface area contributed by atoms with Crippen LogP contribution in [0.3, 0.4) is 0 Å². The van der Waals surface area contributed by atoms with E-state index in [2.05, 4.69) is 87.8 Å². The van der Waals surface area contributed by atoms with Crippen molar-refractivity contribution in [2.75, 3.05) is 0 Å². The van der Waals surface area contributed by atoms with Crippen LogP contribution >= 0.6 is 0 Å². The highest BCUT2D eigenvalue weighted by Gasteiger charge is 2.19. The van der Waals surface area contributed by atoms with Crippen LogP contribution in [0.15, 0.2) is 102 Å². The molecule has 0 bridgehead atoms. The zero-order valence-electron chi connectivity index (χ0n) is 19.1. The van der Waals surface area contributed by atoms with Crippen molar-refractivity contribution in [2.45, 2.75) is 6.92 Å².